The topological polar surface area (TPSA) is 107 Å². The molecule has 0 aliphatic heterocycles. The van der Waals surface area contributed by atoms with Crippen molar-refractivity contribution in [2.24, 2.45) is 5.10 Å². The zero-order valence-corrected chi connectivity index (χ0v) is 24.1. The Morgan fingerprint density at radius 2 is 1.77 bits per heavy atom. The quantitative estimate of drug-likeness (QED) is 0.113. The van der Waals surface area contributed by atoms with Crippen molar-refractivity contribution in [2.45, 2.75) is 13.8 Å². The number of ether oxygens (including phenoxy) is 4. The molecule has 204 valence electrons. The molecule has 0 aliphatic rings. The normalized spacial score (nSPS) is 10.6. The number of nitrogens with one attached hydrogen (secondary N) is 2. The van der Waals surface area contributed by atoms with Crippen molar-refractivity contribution in [3.05, 3.63) is 87.5 Å². The Bertz CT molecular complexity index is 1340. The number of benzene rings is 3. The van der Waals surface area contributed by atoms with Crippen LogP contribution in [0.4, 0.5) is 5.69 Å². The number of anilines is 1. The predicted molar refractivity (Wildman–Crippen MR) is 159 cm³/mol. The van der Waals surface area contributed by atoms with Gasteiger partial charge in [0.2, 0.25) is 0 Å². The molecule has 0 atom stereocenters. The summed E-state index contributed by atoms with van der Waals surface area (Å²) in [6.07, 6.45) is 3.12. The van der Waals surface area contributed by atoms with Crippen LogP contribution < -0.4 is 29.7 Å². The van der Waals surface area contributed by atoms with Gasteiger partial charge in [0.15, 0.2) is 29.6 Å². The molecule has 0 aliphatic carbocycles. The molecule has 10 heteroatoms. The third-order valence-electron chi connectivity index (χ3n) is 5.18. The monoisotopic (exact) mass is 643 g/mol. The summed E-state index contributed by atoms with van der Waals surface area (Å²) in [4.78, 5) is 25.0. The minimum atomic E-state index is -0.413. The number of hydrazone groups is 1. The molecule has 2 amide bonds. The highest BCUT2D eigenvalue weighted by Crippen LogP contribution is 2.33. The van der Waals surface area contributed by atoms with Crippen molar-refractivity contribution in [1.29, 1.82) is 0 Å². The van der Waals surface area contributed by atoms with Crippen LogP contribution in [0.15, 0.2) is 72.4 Å². The molecule has 0 aromatic heterocycles. The van der Waals surface area contributed by atoms with Crippen molar-refractivity contribution >= 4 is 46.3 Å². The van der Waals surface area contributed by atoms with Crippen molar-refractivity contribution in [1.82, 2.24) is 5.43 Å². The van der Waals surface area contributed by atoms with Gasteiger partial charge in [0.05, 0.1) is 23.5 Å². The molecule has 0 radical (unpaired) electrons. The Hall–Kier alpha value is -4.06. The maximum absolute atomic E-state index is 12.6. The largest absolute Gasteiger partial charge is 0.493 e. The van der Waals surface area contributed by atoms with Crippen molar-refractivity contribution in [2.75, 3.05) is 32.2 Å². The summed E-state index contributed by atoms with van der Waals surface area (Å²) in [6.45, 7) is 8.01. The fourth-order valence-corrected chi connectivity index (χ4v) is 4.12. The first-order valence-electron chi connectivity index (χ1n) is 12.0. The van der Waals surface area contributed by atoms with E-state index < -0.39 is 5.91 Å². The number of aryl methyl sites for hydroxylation is 1. The van der Waals surface area contributed by atoms with Crippen LogP contribution in [0.3, 0.4) is 0 Å². The van der Waals surface area contributed by atoms with Crippen LogP contribution in [0.25, 0.3) is 0 Å². The van der Waals surface area contributed by atoms with Gasteiger partial charge >= 0.3 is 0 Å². The van der Waals surface area contributed by atoms with Gasteiger partial charge in [-0.05, 0) is 84.5 Å². The van der Waals surface area contributed by atoms with Crippen molar-refractivity contribution in [3.8, 4) is 23.0 Å². The van der Waals surface area contributed by atoms with E-state index in [0.717, 1.165) is 5.56 Å². The molecule has 0 saturated heterocycles. The van der Waals surface area contributed by atoms with E-state index in [1.54, 1.807) is 36.4 Å². The second-order valence-corrected chi connectivity index (χ2v) is 9.29. The molecule has 3 aromatic rings. The van der Waals surface area contributed by atoms with E-state index in [-0.39, 0.29) is 12.5 Å². The number of hydrogen-bond acceptors (Lipinski definition) is 7. The van der Waals surface area contributed by atoms with Crippen LogP contribution >= 0.6 is 22.6 Å². The first-order chi connectivity index (χ1) is 18.8. The Balaban J connectivity index is 1.63. The van der Waals surface area contributed by atoms with Crippen molar-refractivity contribution < 1.29 is 28.5 Å². The maximum atomic E-state index is 12.6. The van der Waals surface area contributed by atoms with Gasteiger partial charge < -0.3 is 24.3 Å². The number of carbonyl (C=O) groups is 2. The van der Waals surface area contributed by atoms with E-state index in [1.165, 1.54) is 13.3 Å². The van der Waals surface area contributed by atoms with Crippen LogP contribution in [0.5, 0.6) is 23.0 Å². The molecule has 9 nitrogen and oxygen atoms in total. The van der Waals surface area contributed by atoms with E-state index >= 15 is 0 Å². The van der Waals surface area contributed by atoms with E-state index in [1.807, 2.05) is 38.1 Å². The first-order valence-corrected chi connectivity index (χ1v) is 13.1. The van der Waals surface area contributed by atoms with Gasteiger partial charge in [-0.1, -0.05) is 30.4 Å². The summed E-state index contributed by atoms with van der Waals surface area (Å²) >= 11 is 2.09. The lowest BCUT2D eigenvalue weighted by molar-refractivity contribution is -0.118. The van der Waals surface area contributed by atoms with Gasteiger partial charge in [-0.2, -0.15) is 5.10 Å². The summed E-state index contributed by atoms with van der Waals surface area (Å²) in [6, 6.07) is 15.9. The molecule has 2 N–H and O–H groups in total. The summed E-state index contributed by atoms with van der Waals surface area (Å²) in [5.41, 5.74) is 5.33. The van der Waals surface area contributed by atoms with E-state index in [2.05, 4.69) is 45.0 Å². The Labute approximate surface area is 241 Å². The molecule has 0 spiro atoms. The lowest BCUT2D eigenvalue weighted by Crippen LogP contribution is -2.20. The highest BCUT2D eigenvalue weighted by molar-refractivity contribution is 14.1. The molecule has 39 heavy (non-hydrogen) atoms. The van der Waals surface area contributed by atoms with Crippen LogP contribution in [0, 0.1) is 10.5 Å². The van der Waals surface area contributed by atoms with Gasteiger partial charge in [0.25, 0.3) is 11.8 Å². The highest BCUT2D eigenvalue weighted by Gasteiger charge is 2.14. The van der Waals surface area contributed by atoms with Gasteiger partial charge in [-0.25, -0.2) is 5.43 Å². The zero-order chi connectivity index (χ0) is 28.2. The average Bonchev–Trinajstić information content (AvgIpc) is 2.92. The minimum absolute atomic E-state index is 0.190. The third kappa shape index (κ3) is 8.74. The summed E-state index contributed by atoms with van der Waals surface area (Å²) < 4.78 is 23.1. The lowest BCUT2D eigenvalue weighted by Gasteiger charge is -2.13. The molecular formula is C29H30IN3O6. The smallest absolute Gasteiger partial charge is 0.271 e. The Morgan fingerprint density at radius 1 is 1.00 bits per heavy atom. The van der Waals surface area contributed by atoms with Crippen LogP contribution in [-0.4, -0.2) is 45.0 Å². The molecule has 3 aromatic carbocycles. The Kier molecular flexibility index (Phi) is 11.2. The summed E-state index contributed by atoms with van der Waals surface area (Å²) in [7, 11) is 1.51. The molecule has 0 fully saturated rings. The van der Waals surface area contributed by atoms with Crippen LogP contribution in [0.2, 0.25) is 0 Å². The van der Waals surface area contributed by atoms with E-state index in [0.29, 0.717) is 56.6 Å². The fraction of sp³-hybridized carbons (Fsp3) is 0.207. The third-order valence-corrected chi connectivity index (χ3v) is 5.98. The zero-order valence-electron chi connectivity index (χ0n) is 22.0. The molecule has 0 unspecified atom stereocenters. The molecular weight excluding hydrogens is 613 g/mol. The number of halogens is 1. The van der Waals surface area contributed by atoms with Gasteiger partial charge in [-0.15, -0.1) is 0 Å². The van der Waals surface area contributed by atoms with Crippen molar-refractivity contribution in [3.63, 3.8) is 0 Å². The molecule has 0 heterocycles. The number of nitrogens with zero attached hydrogens (tertiary/aromatic N) is 1. The van der Waals surface area contributed by atoms with Crippen LogP contribution in [0.1, 0.15) is 28.4 Å². The fourth-order valence-electron chi connectivity index (χ4n) is 3.34. The minimum Gasteiger partial charge on any atom is -0.493 e. The summed E-state index contributed by atoms with van der Waals surface area (Å²) in [5.74, 6) is 1.13. The van der Waals surface area contributed by atoms with E-state index in [4.69, 9.17) is 18.9 Å². The van der Waals surface area contributed by atoms with Gasteiger partial charge in [-0.3, -0.25) is 9.59 Å². The molecule has 3 rings (SSSR count). The average molecular weight is 643 g/mol. The molecule has 0 bridgehead atoms. The first kappa shape index (κ1) is 29.5. The van der Waals surface area contributed by atoms with E-state index in [9.17, 15) is 9.59 Å². The second kappa shape index (κ2) is 14.8. The standard InChI is InChI=1S/C29H30IN3O6/c1-5-13-38-24-12-9-21(16-25(24)37-6-2)29(35)33-31-17-20-14-23(30)28(26(15-20)36-4)39-18-27(34)32-22-10-7-19(3)8-11-22/h5,7-12,14-17H,1,6,13,18H2,2-4H3,(H,32,34)(H,33,35)/b31-17+. The number of hydrogen-bond donors (Lipinski definition) is 2. The number of amides is 2. The summed E-state index contributed by atoms with van der Waals surface area (Å²) in [5, 5.41) is 6.86. The SMILES string of the molecule is C=CCOc1ccc(C(=O)N/N=C/c2cc(I)c(OCC(=O)Nc3ccc(C)cc3)c(OC)c2)cc1OCC. The second-order valence-electron chi connectivity index (χ2n) is 8.13. The van der Waals surface area contributed by atoms with Gasteiger partial charge in [0.1, 0.15) is 6.61 Å². The number of rotatable bonds is 13. The molecule has 0 saturated carbocycles. The maximum Gasteiger partial charge on any atom is 0.271 e. The van der Waals surface area contributed by atoms with Gasteiger partial charge in [0, 0.05) is 11.3 Å². The predicted octanol–water partition coefficient (Wildman–Crippen LogP) is 5.35. The Morgan fingerprint density at radius 3 is 2.46 bits per heavy atom. The number of carbonyl (C=O) groups excluding carboxylic acids is 2. The lowest BCUT2D eigenvalue weighted by atomic mass is 10.2. The number of methoxy groups -OCH3 is 1. The van der Waals surface area contributed by atoms with Crippen LogP contribution in [-0.2, 0) is 4.79 Å². The highest BCUT2D eigenvalue weighted by atomic mass is 127.